The first kappa shape index (κ1) is 17.8. The third kappa shape index (κ3) is 2.76. The highest BCUT2D eigenvalue weighted by Crippen LogP contribution is 2.61. The van der Waals surface area contributed by atoms with E-state index in [0.717, 1.165) is 38.5 Å². The second kappa shape index (κ2) is 6.68. The van der Waals surface area contributed by atoms with Gasteiger partial charge in [-0.2, -0.15) is 0 Å². The van der Waals surface area contributed by atoms with Gasteiger partial charge in [0, 0.05) is 12.3 Å². The van der Waals surface area contributed by atoms with E-state index in [9.17, 15) is 9.59 Å². The number of fused-ring (bicyclic) bond motifs is 3. The van der Waals surface area contributed by atoms with Gasteiger partial charge in [-0.25, -0.2) is 0 Å². The number of rotatable bonds is 3. The summed E-state index contributed by atoms with van der Waals surface area (Å²) in [5, 5.41) is 0. The maximum atomic E-state index is 12.5. The minimum absolute atomic E-state index is 0.00492. The highest BCUT2D eigenvalue weighted by atomic mass is 16.5. The molecule has 0 spiro atoms. The Balaban J connectivity index is 1.83. The number of ether oxygens (including phenoxy) is 2. The molecule has 0 aliphatic heterocycles. The van der Waals surface area contributed by atoms with Crippen molar-refractivity contribution < 1.29 is 19.1 Å². The predicted molar refractivity (Wildman–Crippen MR) is 91.1 cm³/mol. The maximum absolute atomic E-state index is 12.5. The maximum Gasteiger partial charge on any atom is 0.309 e. The average molecular weight is 336 g/mol. The highest BCUT2D eigenvalue weighted by molar-refractivity contribution is 5.73. The van der Waals surface area contributed by atoms with Gasteiger partial charge in [-0.05, 0) is 62.2 Å². The molecule has 4 heteroatoms. The number of carbonyl (C=O) groups is 2. The van der Waals surface area contributed by atoms with Gasteiger partial charge < -0.3 is 9.47 Å². The van der Waals surface area contributed by atoms with Crippen LogP contribution < -0.4 is 0 Å². The Morgan fingerprint density at radius 2 is 1.83 bits per heavy atom. The molecule has 0 aromatic rings. The van der Waals surface area contributed by atoms with Crippen LogP contribution in [0.25, 0.3) is 0 Å². The lowest BCUT2D eigenvalue weighted by Gasteiger charge is -2.53. The van der Waals surface area contributed by atoms with E-state index in [-0.39, 0.29) is 29.4 Å². The Hall–Kier alpha value is -1.06. The lowest BCUT2D eigenvalue weighted by Crippen LogP contribution is -2.50. The lowest BCUT2D eigenvalue weighted by molar-refractivity contribution is -0.163. The van der Waals surface area contributed by atoms with E-state index in [1.54, 1.807) is 0 Å². The molecule has 3 fully saturated rings. The van der Waals surface area contributed by atoms with E-state index in [1.165, 1.54) is 20.5 Å². The summed E-state index contributed by atoms with van der Waals surface area (Å²) < 4.78 is 10.8. The van der Waals surface area contributed by atoms with E-state index < -0.39 is 0 Å². The quantitative estimate of drug-likeness (QED) is 0.732. The van der Waals surface area contributed by atoms with Crippen LogP contribution in [0.2, 0.25) is 0 Å². The van der Waals surface area contributed by atoms with Crippen LogP contribution in [0.15, 0.2) is 0 Å². The molecule has 0 bridgehead atoms. The Morgan fingerprint density at radius 1 is 1.08 bits per heavy atom. The van der Waals surface area contributed by atoms with E-state index in [2.05, 4.69) is 13.8 Å². The molecule has 4 nitrogen and oxygen atoms in total. The van der Waals surface area contributed by atoms with Gasteiger partial charge in [-0.15, -0.1) is 0 Å². The Labute approximate surface area is 145 Å². The van der Waals surface area contributed by atoms with Crippen molar-refractivity contribution in [3.63, 3.8) is 0 Å². The molecule has 0 aromatic carbocycles. The van der Waals surface area contributed by atoms with Crippen molar-refractivity contribution in [2.24, 2.45) is 35.0 Å². The molecule has 0 saturated heterocycles. The normalized spacial score (nSPS) is 44.3. The predicted octanol–water partition coefficient (Wildman–Crippen LogP) is 3.97. The molecule has 136 valence electrons. The van der Waals surface area contributed by atoms with Crippen LogP contribution in [0.4, 0.5) is 0 Å². The molecule has 3 rings (SSSR count). The van der Waals surface area contributed by atoms with E-state index in [4.69, 9.17) is 9.47 Å². The van der Waals surface area contributed by atoms with Crippen molar-refractivity contribution in [3.8, 4) is 0 Å². The van der Waals surface area contributed by atoms with Gasteiger partial charge in [-0.3, -0.25) is 9.59 Å². The zero-order valence-electron chi connectivity index (χ0n) is 15.5. The molecular weight excluding hydrogens is 304 g/mol. The van der Waals surface area contributed by atoms with E-state index in [1.807, 2.05) is 0 Å². The smallest absolute Gasteiger partial charge is 0.309 e. The highest BCUT2D eigenvalue weighted by Gasteiger charge is 2.58. The molecule has 7 atom stereocenters. The second-order valence-corrected chi connectivity index (χ2v) is 8.45. The second-order valence-electron chi connectivity index (χ2n) is 8.45. The summed E-state index contributed by atoms with van der Waals surface area (Å²) in [7, 11) is 1.53. The average Bonchev–Trinajstić information content (AvgIpc) is 2.89. The van der Waals surface area contributed by atoms with E-state index in [0.29, 0.717) is 23.7 Å². The lowest BCUT2D eigenvalue weighted by atomic mass is 9.52. The first-order valence-electron chi connectivity index (χ1n) is 9.67. The fourth-order valence-electron chi connectivity index (χ4n) is 6.42. The number of hydrogen-bond donors (Lipinski definition) is 0. The summed E-state index contributed by atoms with van der Waals surface area (Å²) in [4.78, 5) is 24.0. The number of esters is 2. The van der Waals surface area contributed by atoms with Crippen molar-refractivity contribution in [3.05, 3.63) is 0 Å². The molecule has 0 heterocycles. The van der Waals surface area contributed by atoms with Crippen molar-refractivity contribution in [1.29, 1.82) is 0 Å². The summed E-state index contributed by atoms with van der Waals surface area (Å²) >= 11 is 0. The van der Waals surface area contributed by atoms with Crippen LogP contribution in [0.1, 0.15) is 65.7 Å². The monoisotopic (exact) mass is 336 g/mol. The zero-order valence-corrected chi connectivity index (χ0v) is 15.5. The SMILES string of the molecule is CC[C@@H]1CC[C@@H]2[C@H](CC[C@]3(C)[C@@H](OC(C)=O)CC[C@@H]23)[C@H]1C(=O)OC. The number of hydrogen-bond acceptors (Lipinski definition) is 4. The van der Waals surface area contributed by atoms with Crippen LogP contribution in [-0.4, -0.2) is 25.2 Å². The first-order valence-corrected chi connectivity index (χ1v) is 9.67. The number of carbonyl (C=O) groups excluding carboxylic acids is 2. The molecule has 3 aliphatic rings. The minimum atomic E-state index is -0.161. The van der Waals surface area contributed by atoms with Crippen LogP contribution >= 0.6 is 0 Å². The molecule has 24 heavy (non-hydrogen) atoms. The van der Waals surface area contributed by atoms with Crippen molar-refractivity contribution in [1.82, 2.24) is 0 Å². The van der Waals surface area contributed by atoms with E-state index >= 15 is 0 Å². The number of methoxy groups -OCH3 is 1. The van der Waals surface area contributed by atoms with Crippen LogP contribution in [0.3, 0.4) is 0 Å². The van der Waals surface area contributed by atoms with Crippen LogP contribution in [-0.2, 0) is 19.1 Å². The molecule has 0 unspecified atom stereocenters. The van der Waals surface area contributed by atoms with Gasteiger partial charge in [0.05, 0.1) is 13.0 Å². The van der Waals surface area contributed by atoms with Gasteiger partial charge in [0.1, 0.15) is 6.10 Å². The molecule has 0 N–H and O–H groups in total. The molecule has 3 saturated carbocycles. The van der Waals surface area contributed by atoms with Gasteiger partial charge in [0.2, 0.25) is 0 Å². The summed E-state index contributed by atoms with van der Waals surface area (Å²) in [6, 6.07) is 0. The topological polar surface area (TPSA) is 52.6 Å². The van der Waals surface area contributed by atoms with Crippen molar-refractivity contribution in [2.75, 3.05) is 7.11 Å². The van der Waals surface area contributed by atoms with Crippen molar-refractivity contribution in [2.45, 2.75) is 71.8 Å². The summed E-state index contributed by atoms with van der Waals surface area (Å²) in [6.07, 6.45) is 7.67. The first-order chi connectivity index (χ1) is 11.4. The molecule has 0 aromatic heterocycles. The summed E-state index contributed by atoms with van der Waals surface area (Å²) in [5.41, 5.74) is 0.0898. The summed E-state index contributed by atoms with van der Waals surface area (Å²) in [5.74, 6) is 1.97. The molecule has 0 amide bonds. The Kier molecular flexibility index (Phi) is 4.94. The summed E-state index contributed by atoms with van der Waals surface area (Å²) in [6.45, 7) is 6.02. The van der Waals surface area contributed by atoms with Crippen molar-refractivity contribution >= 4 is 11.9 Å². The standard InChI is InChI=1S/C20H32O4/c1-5-13-6-7-14-15(18(13)19(22)23-4)10-11-20(3)16(14)8-9-17(20)24-12(2)21/h13-18H,5-11H2,1-4H3/t13-,14-,15+,16+,17+,18+,20+/m1/s1. The fraction of sp³-hybridized carbons (Fsp3) is 0.900. The van der Waals surface area contributed by atoms with Crippen LogP contribution in [0, 0.1) is 35.0 Å². The third-order valence-corrected chi connectivity index (χ3v) is 7.55. The van der Waals surface area contributed by atoms with Gasteiger partial charge in [0.15, 0.2) is 0 Å². The van der Waals surface area contributed by atoms with Crippen LogP contribution in [0.5, 0.6) is 0 Å². The molecule has 0 radical (unpaired) electrons. The van der Waals surface area contributed by atoms with Gasteiger partial charge >= 0.3 is 11.9 Å². The molecule has 3 aliphatic carbocycles. The third-order valence-electron chi connectivity index (χ3n) is 7.55. The van der Waals surface area contributed by atoms with Gasteiger partial charge in [0.25, 0.3) is 0 Å². The fourth-order valence-corrected chi connectivity index (χ4v) is 6.42. The largest absolute Gasteiger partial charge is 0.469 e. The Morgan fingerprint density at radius 3 is 2.46 bits per heavy atom. The van der Waals surface area contributed by atoms with Gasteiger partial charge in [-0.1, -0.05) is 20.3 Å². The zero-order chi connectivity index (χ0) is 17.5. The Bertz CT molecular complexity index is 502. The minimum Gasteiger partial charge on any atom is -0.469 e. The molecular formula is C20H32O4.